The Morgan fingerprint density at radius 1 is 1.20 bits per heavy atom. The molecule has 1 aromatic rings. The molecule has 0 unspecified atom stereocenters. The normalized spacial score (nSPS) is 18.4. The number of hydrogen-bond acceptors (Lipinski definition) is 3. The van der Waals surface area contributed by atoms with Crippen molar-refractivity contribution >= 4 is 17.2 Å². The quantitative estimate of drug-likeness (QED) is 0.897. The minimum atomic E-state index is -4.58. The van der Waals surface area contributed by atoms with Gasteiger partial charge < -0.3 is 5.32 Å². The average Bonchev–Trinajstić information content (AvgIpc) is 2.81. The zero-order valence-electron chi connectivity index (χ0n) is 11.0. The van der Waals surface area contributed by atoms with Crippen molar-refractivity contribution in [1.82, 2.24) is 10.3 Å². The molecule has 0 aliphatic heterocycles. The van der Waals surface area contributed by atoms with Crippen molar-refractivity contribution in [2.24, 2.45) is 0 Å². The van der Waals surface area contributed by atoms with Crippen molar-refractivity contribution in [3.05, 3.63) is 16.1 Å². The minimum absolute atomic E-state index is 0.0222. The highest BCUT2D eigenvalue weighted by atomic mass is 32.1. The lowest BCUT2D eigenvalue weighted by atomic mass is 9.96. The molecule has 112 valence electrons. The first-order chi connectivity index (χ1) is 9.48. The molecule has 0 bridgehead atoms. The Balaban J connectivity index is 2.02. The van der Waals surface area contributed by atoms with E-state index in [0.29, 0.717) is 0 Å². The number of hydrogen-bond donors (Lipinski definition) is 1. The predicted octanol–water partition coefficient (Wildman–Crippen LogP) is 4.00. The Hall–Kier alpha value is -1.11. The summed E-state index contributed by atoms with van der Waals surface area (Å²) < 4.78 is 38.1. The third-order valence-electron chi connectivity index (χ3n) is 3.48. The Labute approximate surface area is 119 Å². The highest BCUT2D eigenvalue weighted by molar-refractivity contribution is 7.11. The van der Waals surface area contributed by atoms with Crippen molar-refractivity contribution in [2.75, 3.05) is 0 Å². The average molecular weight is 306 g/mol. The van der Waals surface area contributed by atoms with Crippen molar-refractivity contribution in [1.29, 1.82) is 0 Å². The molecule has 1 aliphatic rings. The van der Waals surface area contributed by atoms with Crippen molar-refractivity contribution in [3.8, 4) is 0 Å². The molecule has 0 aromatic carbocycles. The molecule has 0 saturated heterocycles. The number of aromatic nitrogens is 1. The second-order valence-electron chi connectivity index (χ2n) is 5.04. The maximum Gasteiger partial charge on any atom is 0.434 e. The number of nitrogens with zero attached hydrogens (tertiary/aromatic N) is 1. The van der Waals surface area contributed by atoms with Gasteiger partial charge in [-0.25, -0.2) is 4.98 Å². The minimum Gasteiger partial charge on any atom is -0.349 e. The summed E-state index contributed by atoms with van der Waals surface area (Å²) in [7, 11) is 0. The van der Waals surface area contributed by atoms with E-state index in [0.717, 1.165) is 55.4 Å². The highest BCUT2D eigenvalue weighted by Gasteiger charge is 2.38. The lowest BCUT2D eigenvalue weighted by Gasteiger charge is -2.21. The first-order valence-corrected chi connectivity index (χ1v) is 7.68. The van der Waals surface area contributed by atoms with Crippen LogP contribution in [0.3, 0.4) is 0 Å². The van der Waals surface area contributed by atoms with E-state index in [4.69, 9.17) is 0 Å². The van der Waals surface area contributed by atoms with E-state index in [1.54, 1.807) is 0 Å². The molecule has 0 radical (unpaired) electrons. The van der Waals surface area contributed by atoms with E-state index in [9.17, 15) is 18.0 Å². The topological polar surface area (TPSA) is 42.0 Å². The maximum atomic E-state index is 12.7. The Morgan fingerprint density at radius 3 is 2.40 bits per heavy atom. The van der Waals surface area contributed by atoms with Crippen LogP contribution in [0.25, 0.3) is 0 Å². The molecule has 2 rings (SSSR count). The molecule has 1 aliphatic carbocycles. The number of amides is 1. The number of carbonyl (C=O) groups is 1. The van der Waals surface area contributed by atoms with E-state index in [-0.39, 0.29) is 10.9 Å². The molecule has 1 N–H and O–H groups in total. The fraction of sp³-hybridized carbons (Fsp3) is 0.692. The van der Waals surface area contributed by atoms with Crippen molar-refractivity contribution in [3.63, 3.8) is 0 Å². The predicted molar refractivity (Wildman–Crippen MR) is 70.7 cm³/mol. The van der Waals surface area contributed by atoms with Crippen LogP contribution < -0.4 is 5.32 Å². The molecule has 0 atom stereocenters. The van der Waals surface area contributed by atoms with E-state index in [2.05, 4.69) is 10.3 Å². The molecule has 1 amide bonds. The smallest absolute Gasteiger partial charge is 0.349 e. The monoisotopic (exact) mass is 306 g/mol. The van der Waals surface area contributed by atoms with Gasteiger partial charge in [0.2, 0.25) is 0 Å². The van der Waals surface area contributed by atoms with E-state index >= 15 is 0 Å². The Kier molecular flexibility index (Phi) is 5.01. The van der Waals surface area contributed by atoms with Crippen LogP contribution in [0.4, 0.5) is 13.2 Å². The van der Waals surface area contributed by atoms with Gasteiger partial charge in [-0.3, -0.25) is 4.79 Å². The van der Waals surface area contributed by atoms with Crippen LogP contribution in [0.2, 0.25) is 0 Å². The SMILES string of the molecule is O=C(NC1CCCCCCC1)c1scnc1C(F)(F)F. The van der Waals surface area contributed by atoms with Crippen LogP contribution in [0.1, 0.15) is 60.3 Å². The van der Waals surface area contributed by atoms with Crippen LogP contribution in [-0.2, 0) is 6.18 Å². The first-order valence-electron chi connectivity index (χ1n) is 6.80. The molecular weight excluding hydrogens is 289 g/mol. The molecule has 0 spiro atoms. The molecule has 7 heteroatoms. The third kappa shape index (κ3) is 3.94. The molecule has 20 heavy (non-hydrogen) atoms. The standard InChI is InChI=1S/C13H17F3N2OS/c14-13(15,16)11-10(20-8-17-11)12(19)18-9-6-4-2-1-3-5-7-9/h8-9H,1-7H2,(H,18,19). The summed E-state index contributed by atoms with van der Waals surface area (Å²) in [5.41, 5.74) is -0.0126. The zero-order valence-corrected chi connectivity index (χ0v) is 11.8. The van der Waals surface area contributed by atoms with Crippen LogP contribution in [0.15, 0.2) is 5.51 Å². The lowest BCUT2D eigenvalue weighted by molar-refractivity contribution is -0.141. The number of thiazole rings is 1. The Bertz CT molecular complexity index is 451. The zero-order chi connectivity index (χ0) is 14.6. The number of carbonyl (C=O) groups excluding carboxylic acids is 1. The van der Waals surface area contributed by atoms with Gasteiger partial charge in [0, 0.05) is 6.04 Å². The van der Waals surface area contributed by atoms with Crippen molar-refractivity contribution in [2.45, 2.75) is 57.2 Å². The second-order valence-corrected chi connectivity index (χ2v) is 5.90. The largest absolute Gasteiger partial charge is 0.434 e. The molecule has 1 heterocycles. The molecule has 1 fully saturated rings. The summed E-state index contributed by atoms with van der Waals surface area (Å²) in [5, 5.41) is 2.73. The van der Waals surface area contributed by atoms with Gasteiger partial charge in [-0.05, 0) is 12.8 Å². The van der Waals surface area contributed by atoms with Crippen LogP contribution >= 0.6 is 11.3 Å². The number of nitrogens with one attached hydrogen (secondary N) is 1. The van der Waals surface area contributed by atoms with Crippen molar-refractivity contribution < 1.29 is 18.0 Å². The summed E-state index contributed by atoms with van der Waals surface area (Å²) >= 11 is 0.739. The number of halogens is 3. The lowest BCUT2D eigenvalue weighted by Crippen LogP contribution is -2.35. The number of rotatable bonds is 2. The van der Waals surface area contributed by atoms with E-state index < -0.39 is 17.8 Å². The van der Waals surface area contributed by atoms with Gasteiger partial charge in [0.05, 0.1) is 5.51 Å². The fourth-order valence-corrected chi connectivity index (χ4v) is 3.17. The van der Waals surface area contributed by atoms with Gasteiger partial charge in [0.15, 0.2) is 5.69 Å². The fourth-order valence-electron chi connectivity index (χ4n) is 2.46. The summed E-state index contributed by atoms with van der Waals surface area (Å²) in [5.74, 6) is -0.648. The number of alkyl halides is 3. The van der Waals surface area contributed by atoms with E-state index in [1.165, 1.54) is 6.42 Å². The van der Waals surface area contributed by atoms with Gasteiger partial charge in [0.25, 0.3) is 5.91 Å². The third-order valence-corrected chi connectivity index (χ3v) is 4.31. The summed E-state index contributed by atoms with van der Waals surface area (Å²) in [4.78, 5) is 14.9. The summed E-state index contributed by atoms with van der Waals surface area (Å²) in [6, 6.07) is -0.0222. The van der Waals surface area contributed by atoms with Gasteiger partial charge in [-0.15, -0.1) is 11.3 Å². The molecule has 1 aromatic heterocycles. The Morgan fingerprint density at radius 2 is 1.80 bits per heavy atom. The van der Waals surface area contributed by atoms with Crippen LogP contribution in [0, 0.1) is 0 Å². The van der Waals surface area contributed by atoms with Gasteiger partial charge in [0.1, 0.15) is 4.88 Å². The van der Waals surface area contributed by atoms with E-state index in [1.807, 2.05) is 0 Å². The van der Waals surface area contributed by atoms with Gasteiger partial charge >= 0.3 is 6.18 Å². The van der Waals surface area contributed by atoms with Crippen LogP contribution in [0.5, 0.6) is 0 Å². The van der Waals surface area contributed by atoms with Gasteiger partial charge in [-0.2, -0.15) is 13.2 Å². The second kappa shape index (κ2) is 6.56. The molecular formula is C13H17F3N2OS. The molecule has 3 nitrogen and oxygen atoms in total. The maximum absolute atomic E-state index is 12.7. The summed E-state index contributed by atoms with van der Waals surface area (Å²) in [6.07, 6.45) is 2.58. The molecule has 1 saturated carbocycles. The first kappa shape index (κ1) is 15.3. The van der Waals surface area contributed by atoms with Gasteiger partial charge in [-0.1, -0.05) is 32.1 Å². The highest BCUT2D eigenvalue weighted by Crippen LogP contribution is 2.32. The van der Waals surface area contributed by atoms with Crippen LogP contribution in [-0.4, -0.2) is 16.9 Å². The summed E-state index contributed by atoms with van der Waals surface area (Å²) in [6.45, 7) is 0.